The van der Waals surface area contributed by atoms with Crippen molar-refractivity contribution in [3.8, 4) is 0 Å². The molecule has 1 aliphatic rings. The molecule has 0 saturated carbocycles. The Balaban J connectivity index is 1.33. The van der Waals surface area contributed by atoms with E-state index in [9.17, 15) is 9.59 Å². The van der Waals surface area contributed by atoms with Crippen molar-refractivity contribution in [1.82, 2.24) is 15.2 Å². The second-order valence-corrected chi connectivity index (χ2v) is 9.18. The maximum absolute atomic E-state index is 13.1. The van der Waals surface area contributed by atoms with Gasteiger partial charge in [-0.2, -0.15) is 0 Å². The lowest BCUT2D eigenvalue weighted by Crippen LogP contribution is -2.37. The molecule has 2 amide bonds. The molecule has 172 valence electrons. The van der Waals surface area contributed by atoms with Crippen LogP contribution in [0.2, 0.25) is 0 Å². The zero-order valence-electron chi connectivity index (χ0n) is 19.1. The van der Waals surface area contributed by atoms with Gasteiger partial charge in [0.2, 0.25) is 0 Å². The summed E-state index contributed by atoms with van der Waals surface area (Å²) in [4.78, 5) is 33.3. The number of thioether (sulfide) groups is 1. The largest absolute Gasteiger partial charge is 0.451 e. The average molecular weight is 472 g/mol. The monoisotopic (exact) mass is 471 g/mol. The number of hydrogen-bond acceptors (Lipinski definition) is 5. The number of benzene rings is 2. The molecular formula is C27H25N3O3S. The summed E-state index contributed by atoms with van der Waals surface area (Å²) in [6.45, 7) is 3.42. The molecule has 1 N–H and O–H groups in total. The Morgan fingerprint density at radius 2 is 1.94 bits per heavy atom. The summed E-state index contributed by atoms with van der Waals surface area (Å²) < 4.78 is 5.78. The van der Waals surface area contributed by atoms with Gasteiger partial charge in [-0.05, 0) is 60.6 Å². The lowest BCUT2D eigenvalue weighted by molar-refractivity contribution is 0.0704. The highest BCUT2D eigenvalue weighted by Crippen LogP contribution is 2.27. The van der Waals surface area contributed by atoms with Crippen molar-refractivity contribution in [3.05, 3.63) is 94.5 Å². The molecule has 0 radical (unpaired) electrons. The Morgan fingerprint density at radius 1 is 1.15 bits per heavy atom. The van der Waals surface area contributed by atoms with Gasteiger partial charge in [-0.25, -0.2) is 0 Å². The summed E-state index contributed by atoms with van der Waals surface area (Å²) in [7, 11) is 0. The van der Waals surface area contributed by atoms with E-state index >= 15 is 0 Å². The molecule has 0 bridgehead atoms. The fourth-order valence-corrected chi connectivity index (χ4v) is 5.06. The van der Waals surface area contributed by atoms with Crippen molar-refractivity contribution in [1.29, 1.82) is 0 Å². The summed E-state index contributed by atoms with van der Waals surface area (Å²) in [6.07, 6.45) is 4.51. The topological polar surface area (TPSA) is 75.4 Å². The number of rotatable bonds is 5. The Bertz CT molecular complexity index is 1360. The van der Waals surface area contributed by atoms with Gasteiger partial charge < -0.3 is 14.6 Å². The van der Waals surface area contributed by atoms with Crippen LogP contribution in [0.1, 0.15) is 43.3 Å². The van der Waals surface area contributed by atoms with Crippen molar-refractivity contribution in [2.24, 2.45) is 0 Å². The van der Waals surface area contributed by atoms with E-state index in [2.05, 4.69) is 10.3 Å². The number of amides is 2. The number of furan rings is 1. The molecule has 0 atom stereocenters. The van der Waals surface area contributed by atoms with Crippen molar-refractivity contribution >= 4 is 34.5 Å². The van der Waals surface area contributed by atoms with E-state index in [1.54, 1.807) is 22.7 Å². The highest BCUT2D eigenvalue weighted by Gasteiger charge is 2.27. The summed E-state index contributed by atoms with van der Waals surface area (Å²) in [5.74, 6) is 0.134. The van der Waals surface area contributed by atoms with Crippen molar-refractivity contribution in [2.75, 3.05) is 12.8 Å². The maximum atomic E-state index is 13.1. The molecule has 0 unspecified atom stereocenters. The van der Waals surface area contributed by atoms with Crippen LogP contribution in [-0.2, 0) is 19.5 Å². The minimum atomic E-state index is -0.119. The normalized spacial score (nSPS) is 13.1. The van der Waals surface area contributed by atoms with Gasteiger partial charge in [-0.1, -0.05) is 30.3 Å². The first-order chi connectivity index (χ1) is 16.5. The third-order valence-corrected chi connectivity index (χ3v) is 7.09. The zero-order chi connectivity index (χ0) is 23.7. The van der Waals surface area contributed by atoms with Gasteiger partial charge in [-0.15, -0.1) is 11.8 Å². The first kappa shape index (κ1) is 22.2. The zero-order valence-corrected chi connectivity index (χ0v) is 19.9. The van der Waals surface area contributed by atoms with Crippen LogP contribution in [-0.4, -0.2) is 34.5 Å². The summed E-state index contributed by atoms with van der Waals surface area (Å²) in [5, 5.41) is 3.99. The average Bonchev–Trinajstić information content (AvgIpc) is 3.31. The van der Waals surface area contributed by atoms with E-state index < -0.39 is 0 Å². The van der Waals surface area contributed by atoms with Crippen molar-refractivity contribution < 1.29 is 14.0 Å². The van der Waals surface area contributed by atoms with Gasteiger partial charge in [0.25, 0.3) is 11.8 Å². The number of nitrogens with one attached hydrogen (secondary N) is 1. The lowest BCUT2D eigenvalue weighted by Gasteiger charge is -2.30. The van der Waals surface area contributed by atoms with Crippen LogP contribution in [0.15, 0.2) is 70.1 Å². The molecule has 1 aliphatic heterocycles. The first-order valence-corrected chi connectivity index (χ1v) is 12.4. The molecule has 2 aromatic heterocycles. The molecule has 0 spiro atoms. The Morgan fingerprint density at radius 3 is 2.76 bits per heavy atom. The maximum Gasteiger partial charge on any atom is 0.289 e. The molecule has 4 aromatic rings. The van der Waals surface area contributed by atoms with Gasteiger partial charge in [0.15, 0.2) is 5.76 Å². The molecule has 0 fully saturated rings. The molecule has 0 aliphatic carbocycles. The van der Waals surface area contributed by atoms with Crippen LogP contribution in [0.4, 0.5) is 0 Å². The van der Waals surface area contributed by atoms with E-state index in [-0.39, 0.29) is 11.8 Å². The van der Waals surface area contributed by atoms with Gasteiger partial charge >= 0.3 is 0 Å². The van der Waals surface area contributed by atoms with E-state index in [1.807, 2.05) is 67.9 Å². The molecule has 3 heterocycles. The van der Waals surface area contributed by atoms with Crippen LogP contribution in [0.25, 0.3) is 11.0 Å². The summed E-state index contributed by atoms with van der Waals surface area (Å²) >= 11 is 1.56. The number of hydrogen-bond donors (Lipinski definition) is 1. The smallest absolute Gasteiger partial charge is 0.289 e. The number of fused-ring (bicyclic) bond motifs is 2. The second kappa shape index (κ2) is 9.35. The van der Waals surface area contributed by atoms with E-state index in [0.29, 0.717) is 43.0 Å². The molecule has 7 heteroatoms. The molecular weight excluding hydrogens is 446 g/mol. The number of carbonyl (C=O) groups excluding carboxylic acids is 2. The number of aryl methyl sites for hydroxylation is 1. The summed E-state index contributed by atoms with van der Waals surface area (Å²) in [6, 6.07) is 17.0. The molecule has 2 aromatic carbocycles. The number of para-hydroxylation sites is 1. The SMILES string of the molecule is CSc1ccccc1C(=O)NCc1c(C)ncc2c1CCN(C(=O)c1cc3ccccc3o1)C2. The molecule has 5 rings (SSSR count). The number of carbonyl (C=O) groups is 2. The summed E-state index contributed by atoms with van der Waals surface area (Å²) in [5.41, 5.74) is 5.49. The quantitative estimate of drug-likeness (QED) is 0.415. The Labute approximate surface area is 202 Å². The predicted molar refractivity (Wildman–Crippen MR) is 133 cm³/mol. The fraction of sp³-hybridized carbons (Fsp3) is 0.222. The highest BCUT2D eigenvalue weighted by molar-refractivity contribution is 7.98. The second-order valence-electron chi connectivity index (χ2n) is 8.33. The third-order valence-electron chi connectivity index (χ3n) is 6.30. The van der Waals surface area contributed by atoms with Crippen LogP contribution in [0, 0.1) is 6.92 Å². The van der Waals surface area contributed by atoms with Gasteiger partial charge in [-0.3, -0.25) is 14.6 Å². The van der Waals surface area contributed by atoms with E-state index in [1.165, 1.54) is 5.56 Å². The van der Waals surface area contributed by atoms with Gasteiger partial charge in [0.05, 0.1) is 5.56 Å². The number of nitrogens with zero attached hydrogens (tertiary/aromatic N) is 2. The van der Waals surface area contributed by atoms with Crippen LogP contribution >= 0.6 is 11.8 Å². The van der Waals surface area contributed by atoms with Crippen molar-refractivity contribution in [3.63, 3.8) is 0 Å². The number of aromatic nitrogens is 1. The van der Waals surface area contributed by atoms with Crippen LogP contribution in [0.5, 0.6) is 0 Å². The molecule has 0 saturated heterocycles. The Hall–Kier alpha value is -3.58. The Kier molecular flexibility index (Phi) is 6.11. The molecule has 6 nitrogen and oxygen atoms in total. The van der Waals surface area contributed by atoms with Crippen LogP contribution < -0.4 is 5.32 Å². The minimum Gasteiger partial charge on any atom is -0.451 e. The van der Waals surface area contributed by atoms with Crippen molar-refractivity contribution in [2.45, 2.75) is 31.3 Å². The van der Waals surface area contributed by atoms with E-state index in [4.69, 9.17) is 4.42 Å². The van der Waals surface area contributed by atoms with Gasteiger partial charge in [0.1, 0.15) is 5.58 Å². The minimum absolute atomic E-state index is 0.0977. The van der Waals surface area contributed by atoms with Gasteiger partial charge in [0, 0.05) is 41.8 Å². The van der Waals surface area contributed by atoms with E-state index in [0.717, 1.165) is 27.1 Å². The highest BCUT2D eigenvalue weighted by atomic mass is 32.2. The fourth-order valence-electron chi connectivity index (χ4n) is 4.47. The lowest BCUT2D eigenvalue weighted by atomic mass is 9.94. The standard InChI is InChI=1S/C27H25N3O3S/c1-17-22(15-29-26(31)21-8-4-6-10-25(21)34-2)20-11-12-30(16-19(20)14-28-17)27(32)24-13-18-7-3-5-9-23(18)33-24/h3-10,13-14H,11-12,15-16H2,1-2H3,(H,29,31). The third kappa shape index (κ3) is 4.19. The number of pyridine rings is 1. The predicted octanol–water partition coefficient (Wildman–Crippen LogP) is 4.99. The first-order valence-electron chi connectivity index (χ1n) is 11.2. The molecule has 34 heavy (non-hydrogen) atoms. The van der Waals surface area contributed by atoms with Crippen LogP contribution in [0.3, 0.4) is 0 Å².